The van der Waals surface area contributed by atoms with Crippen LogP contribution >= 0.6 is 23.2 Å². The predicted octanol–water partition coefficient (Wildman–Crippen LogP) is 4.59. The molecule has 102 valence electrons. The fourth-order valence-electron chi connectivity index (χ4n) is 1.89. The van der Waals surface area contributed by atoms with Gasteiger partial charge >= 0.3 is 0 Å². The highest BCUT2D eigenvalue weighted by Crippen LogP contribution is 2.41. The molecule has 0 aliphatic rings. The van der Waals surface area contributed by atoms with Gasteiger partial charge in [0, 0.05) is 16.7 Å². The van der Waals surface area contributed by atoms with Crippen LogP contribution in [0.15, 0.2) is 28.9 Å². The maximum Gasteiger partial charge on any atom is 0.162 e. The Bertz CT molecular complexity index is 578. The molecule has 0 N–H and O–H groups in total. The summed E-state index contributed by atoms with van der Waals surface area (Å²) in [6.45, 7) is 1.86. The summed E-state index contributed by atoms with van der Waals surface area (Å²) in [5.41, 5.74) is 1.64. The fraction of sp³-hybridized carbons (Fsp3) is 0.286. The van der Waals surface area contributed by atoms with Gasteiger partial charge in [0.2, 0.25) is 0 Å². The van der Waals surface area contributed by atoms with Crippen LogP contribution in [-0.2, 0) is 0 Å². The molecule has 0 saturated carbocycles. The number of hydrogen-bond donors (Lipinski definition) is 0. The van der Waals surface area contributed by atoms with Crippen molar-refractivity contribution < 1.29 is 13.9 Å². The van der Waals surface area contributed by atoms with Crippen LogP contribution in [0.25, 0.3) is 0 Å². The topological polar surface area (TPSA) is 31.6 Å². The van der Waals surface area contributed by atoms with E-state index in [0.717, 1.165) is 16.9 Å². The normalized spacial score (nSPS) is 12.3. The van der Waals surface area contributed by atoms with E-state index >= 15 is 0 Å². The first-order valence-corrected chi connectivity index (χ1v) is 6.49. The summed E-state index contributed by atoms with van der Waals surface area (Å²) in [5, 5.41) is 0.129. The number of alkyl halides is 1. The Labute approximate surface area is 122 Å². The second kappa shape index (κ2) is 5.76. The van der Waals surface area contributed by atoms with Crippen LogP contribution in [0.3, 0.4) is 0 Å². The van der Waals surface area contributed by atoms with Gasteiger partial charge in [-0.15, -0.1) is 11.6 Å². The fourth-order valence-corrected chi connectivity index (χ4v) is 2.61. The monoisotopic (exact) mass is 300 g/mol. The Hall–Kier alpha value is -1.32. The van der Waals surface area contributed by atoms with Gasteiger partial charge in [-0.2, -0.15) is 0 Å². The number of ether oxygens (including phenoxy) is 2. The molecule has 2 rings (SSSR count). The summed E-state index contributed by atoms with van der Waals surface area (Å²) >= 11 is 12.7. The largest absolute Gasteiger partial charge is 0.493 e. The maximum absolute atomic E-state index is 6.47. The minimum absolute atomic E-state index is 0.397. The van der Waals surface area contributed by atoms with E-state index in [-0.39, 0.29) is 0 Å². The van der Waals surface area contributed by atoms with Crippen molar-refractivity contribution in [3.63, 3.8) is 0 Å². The Morgan fingerprint density at radius 3 is 2.26 bits per heavy atom. The van der Waals surface area contributed by atoms with Crippen molar-refractivity contribution in [3.05, 3.63) is 46.4 Å². The summed E-state index contributed by atoms with van der Waals surface area (Å²) in [6.07, 6.45) is 1.61. The number of methoxy groups -OCH3 is 2. The van der Waals surface area contributed by atoms with Crippen LogP contribution < -0.4 is 9.47 Å². The van der Waals surface area contributed by atoms with Gasteiger partial charge < -0.3 is 13.9 Å². The van der Waals surface area contributed by atoms with Gasteiger partial charge in [0.25, 0.3) is 0 Å². The molecule has 0 aliphatic heterocycles. The lowest BCUT2D eigenvalue weighted by molar-refractivity contribution is 0.354. The van der Waals surface area contributed by atoms with Crippen molar-refractivity contribution in [2.75, 3.05) is 14.2 Å². The van der Waals surface area contributed by atoms with E-state index in [1.54, 1.807) is 32.6 Å². The third kappa shape index (κ3) is 2.67. The minimum Gasteiger partial charge on any atom is -0.493 e. The number of halogens is 2. The zero-order valence-electron chi connectivity index (χ0n) is 10.9. The van der Waals surface area contributed by atoms with E-state index in [2.05, 4.69) is 0 Å². The third-order valence-corrected chi connectivity index (χ3v) is 3.75. The molecule has 0 amide bonds. The lowest BCUT2D eigenvalue weighted by Gasteiger charge is -2.15. The summed E-state index contributed by atoms with van der Waals surface area (Å²) < 4.78 is 15.7. The number of benzene rings is 1. The molecule has 0 bridgehead atoms. The van der Waals surface area contributed by atoms with E-state index in [0.29, 0.717) is 16.5 Å². The standard InChI is InChI=1S/C14H14Cl2O3/c1-8-9(4-5-19-8)14(16)10-6-12(17-2)13(18-3)7-11(10)15/h4-7,14H,1-3H3. The molecule has 0 aliphatic carbocycles. The van der Waals surface area contributed by atoms with Crippen LogP contribution in [0.2, 0.25) is 5.02 Å². The van der Waals surface area contributed by atoms with Crippen molar-refractivity contribution in [1.82, 2.24) is 0 Å². The molecule has 0 spiro atoms. The SMILES string of the molecule is COc1cc(Cl)c(C(Cl)c2ccoc2C)cc1OC. The number of rotatable bonds is 4. The van der Waals surface area contributed by atoms with Gasteiger partial charge in [-0.25, -0.2) is 0 Å². The first-order valence-electron chi connectivity index (χ1n) is 5.68. The molecule has 1 heterocycles. The Kier molecular flexibility index (Phi) is 4.27. The molecule has 1 aromatic carbocycles. The number of hydrogen-bond acceptors (Lipinski definition) is 3. The van der Waals surface area contributed by atoms with Gasteiger partial charge in [-0.05, 0) is 24.6 Å². The van der Waals surface area contributed by atoms with Crippen molar-refractivity contribution >= 4 is 23.2 Å². The second-order valence-electron chi connectivity index (χ2n) is 4.02. The average Bonchev–Trinajstić information content (AvgIpc) is 2.83. The van der Waals surface area contributed by atoms with Crippen LogP contribution in [0, 0.1) is 6.92 Å². The molecule has 1 atom stereocenters. The molecule has 19 heavy (non-hydrogen) atoms. The van der Waals surface area contributed by atoms with Crippen molar-refractivity contribution in [2.45, 2.75) is 12.3 Å². The number of furan rings is 1. The average molecular weight is 301 g/mol. The van der Waals surface area contributed by atoms with E-state index in [1.165, 1.54) is 0 Å². The predicted molar refractivity (Wildman–Crippen MR) is 75.7 cm³/mol. The Morgan fingerprint density at radius 2 is 1.74 bits per heavy atom. The van der Waals surface area contributed by atoms with Gasteiger partial charge in [-0.1, -0.05) is 11.6 Å². The lowest BCUT2D eigenvalue weighted by Crippen LogP contribution is -1.98. The van der Waals surface area contributed by atoms with Crippen LogP contribution in [0.1, 0.15) is 22.3 Å². The quantitative estimate of drug-likeness (QED) is 0.774. The summed E-state index contributed by atoms with van der Waals surface area (Å²) in [6, 6.07) is 5.31. The van der Waals surface area contributed by atoms with Crippen molar-refractivity contribution in [3.8, 4) is 11.5 Å². The highest BCUT2D eigenvalue weighted by Gasteiger charge is 2.20. The highest BCUT2D eigenvalue weighted by molar-refractivity contribution is 6.33. The molecule has 0 radical (unpaired) electrons. The molecule has 5 heteroatoms. The molecular weight excluding hydrogens is 287 g/mol. The summed E-state index contributed by atoms with van der Waals surface area (Å²) in [5.74, 6) is 1.93. The summed E-state index contributed by atoms with van der Waals surface area (Å²) in [4.78, 5) is 0. The zero-order chi connectivity index (χ0) is 14.0. The van der Waals surface area contributed by atoms with Crippen LogP contribution in [0.4, 0.5) is 0 Å². The Morgan fingerprint density at radius 1 is 1.11 bits per heavy atom. The molecule has 2 aromatic rings. The van der Waals surface area contributed by atoms with Gasteiger partial charge in [0.1, 0.15) is 5.76 Å². The summed E-state index contributed by atoms with van der Waals surface area (Å²) in [7, 11) is 3.13. The molecule has 0 saturated heterocycles. The van der Waals surface area contributed by atoms with E-state index < -0.39 is 5.38 Å². The first-order chi connectivity index (χ1) is 9.08. The van der Waals surface area contributed by atoms with Crippen LogP contribution in [-0.4, -0.2) is 14.2 Å². The van der Waals surface area contributed by atoms with Gasteiger partial charge in [0.05, 0.1) is 25.9 Å². The third-order valence-electron chi connectivity index (χ3n) is 2.95. The zero-order valence-corrected chi connectivity index (χ0v) is 12.4. The minimum atomic E-state index is -0.397. The second-order valence-corrected chi connectivity index (χ2v) is 4.87. The van der Waals surface area contributed by atoms with Crippen LogP contribution in [0.5, 0.6) is 11.5 Å². The number of aryl methyl sites for hydroxylation is 1. The smallest absolute Gasteiger partial charge is 0.162 e. The molecular formula is C14H14Cl2O3. The van der Waals surface area contributed by atoms with E-state index in [9.17, 15) is 0 Å². The molecule has 3 nitrogen and oxygen atoms in total. The first kappa shape index (κ1) is 14.1. The highest BCUT2D eigenvalue weighted by atomic mass is 35.5. The molecule has 0 fully saturated rings. The van der Waals surface area contributed by atoms with Gasteiger partial charge in [-0.3, -0.25) is 0 Å². The Balaban J connectivity index is 2.48. The van der Waals surface area contributed by atoms with E-state index in [1.807, 2.05) is 13.0 Å². The van der Waals surface area contributed by atoms with Crippen molar-refractivity contribution in [2.24, 2.45) is 0 Å². The van der Waals surface area contributed by atoms with Crippen molar-refractivity contribution in [1.29, 1.82) is 0 Å². The maximum atomic E-state index is 6.47. The lowest BCUT2D eigenvalue weighted by atomic mass is 10.0. The van der Waals surface area contributed by atoms with E-state index in [4.69, 9.17) is 37.1 Å². The molecule has 1 aromatic heterocycles. The molecule has 1 unspecified atom stereocenters. The van der Waals surface area contributed by atoms with Gasteiger partial charge in [0.15, 0.2) is 11.5 Å².